The van der Waals surface area contributed by atoms with Crippen molar-refractivity contribution in [3.63, 3.8) is 0 Å². The maximum atomic E-state index is 5.94. The molecule has 0 saturated heterocycles. The van der Waals surface area contributed by atoms with Crippen molar-refractivity contribution >= 4 is 11.0 Å². The second-order valence-corrected chi connectivity index (χ2v) is 5.40. The normalized spacial score (nSPS) is 11.0. The van der Waals surface area contributed by atoms with Gasteiger partial charge in [0.05, 0.1) is 5.69 Å². The van der Waals surface area contributed by atoms with Gasteiger partial charge in [-0.05, 0) is 30.7 Å². The third-order valence-electron chi connectivity index (χ3n) is 3.87. The molecule has 0 saturated carbocycles. The van der Waals surface area contributed by atoms with Crippen molar-refractivity contribution < 1.29 is 4.42 Å². The number of aromatic nitrogens is 1. The van der Waals surface area contributed by atoms with Crippen LogP contribution in [0.5, 0.6) is 0 Å². The number of pyridine rings is 1. The molecule has 2 aromatic heterocycles. The Balaban J connectivity index is 1.80. The number of furan rings is 1. The van der Waals surface area contributed by atoms with E-state index in [2.05, 4.69) is 42.2 Å². The topological polar surface area (TPSA) is 26.0 Å². The van der Waals surface area contributed by atoms with E-state index in [1.54, 1.807) is 0 Å². The Morgan fingerprint density at radius 1 is 0.864 bits per heavy atom. The van der Waals surface area contributed by atoms with E-state index in [1.807, 2.05) is 42.6 Å². The van der Waals surface area contributed by atoms with Gasteiger partial charge in [0.25, 0.3) is 0 Å². The van der Waals surface area contributed by atoms with Crippen molar-refractivity contribution in [2.75, 3.05) is 0 Å². The van der Waals surface area contributed by atoms with E-state index in [-0.39, 0.29) is 0 Å². The smallest absolute Gasteiger partial charge is 0.137 e. The monoisotopic (exact) mass is 285 g/mol. The molecule has 106 valence electrons. The zero-order chi connectivity index (χ0) is 14.9. The van der Waals surface area contributed by atoms with Crippen LogP contribution in [0, 0.1) is 6.92 Å². The van der Waals surface area contributed by atoms with Crippen molar-refractivity contribution in [3.05, 3.63) is 78.5 Å². The summed E-state index contributed by atoms with van der Waals surface area (Å²) in [7, 11) is 0. The molecule has 4 rings (SSSR count). The number of benzene rings is 2. The molecule has 0 unspecified atom stereocenters. The summed E-state index contributed by atoms with van der Waals surface area (Å²) >= 11 is 0. The van der Waals surface area contributed by atoms with Crippen LogP contribution in [0.15, 0.2) is 77.3 Å². The Morgan fingerprint density at radius 3 is 2.41 bits per heavy atom. The van der Waals surface area contributed by atoms with Crippen LogP contribution < -0.4 is 0 Å². The second-order valence-electron chi connectivity index (χ2n) is 5.40. The summed E-state index contributed by atoms with van der Waals surface area (Å²) in [5.41, 5.74) is 5.22. The molecular weight excluding hydrogens is 270 g/mol. The maximum absolute atomic E-state index is 5.94. The highest BCUT2D eigenvalue weighted by Gasteiger charge is 2.10. The van der Waals surface area contributed by atoms with Crippen molar-refractivity contribution in [1.82, 2.24) is 4.98 Å². The highest BCUT2D eigenvalue weighted by Crippen LogP contribution is 2.31. The quantitative estimate of drug-likeness (QED) is 0.488. The summed E-state index contributed by atoms with van der Waals surface area (Å²) in [5.74, 6) is 0.866. The molecule has 0 amide bonds. The summed E-state index contributed by atoms with van der Waals surface area (Å²) in [6.45, 7) is 2.09. The average Bonchev–Trinajstić information content (AvgIpc) is 2.99. The summed E-state index contributed by atoms with van der Waals surface area (Å²) < 4.78 is 5.94. The van der Waals surface area contributed by atoms with E-state index in [9.17, 15) is 0 Å². The molecule has 22 heavy (non-hydrogen) atoms. The third kappa shape index (κ3) is 2.19. The molecule has 2 heteroatoms. The molecule has 0 N–H and O–H groups in total. The van der Waals surface area contributed by atoms with Gasteiger partial charge in [-0.2, -0.15) is 0 Å². The van der Waals surface area contributed by atoms with E-state index in [0.717, 1.165) is 39.1 Å². The molecule has 0 radical (unpaired) electrons. The molecule has 0 aliphatic carbocycles. The minimum Gasteiger partial charge on any atom is -0.456 e. The largest absolute Gasteiger partial charge is 0.456 e. The molecular formula is C20H15NO. The first kappa shape index (κ1) is 12.8. The fraction of sp³-hybridized carbons (Fsp3) is 0.0500. The van der Waals surface area contributed by atoms with Crippen LogP contribution in [0.2, 0.25) is 0 Å². The lowest BCUT2D eigenvalue weighted by Crippen LogP contribution is -1.88. The van der Waals surface area contributed by atoms with Gasteiger partial charge >= 0.3 is 0 Å². The van der Waals surface area contributed by atoms with Crippen molar-refractivity contribution in [2.24, 2.45) is 0 Å². The van der Waals surface area contributed by atoms with E-state index in [4.69, 9.17) is 4.42 Å². The van der Waals surface area contributed by atoms with Crippen LogP contribution in [-0.4, -0.2) is 4.98 Å². The number of para-hydroxylation sites is 1. The van der Waals surface area contributed by atoms with Gasteiger partial charge in [0.1, 0.15) is 11.3 Å². The van der Waals surface area contributed by atoms with Crippen LogP contribution in [-0.2, 0) is 0 Å². The molecule has 0 atom stereocenters. The Labute approximate surface area is 129 Å². The Bertz CT molecular complexity index is 905. The van der Waals surface area contributed by atoms with Crippen LogP contribution in [0.3, 0.4) is 0 Å². The van der Waals surface area contributed by atoms with E-state index >= 15 is 0 Å². The molecule has 0 aliphatic heterocycles. The molecule has 0 aliphatic rings. The average molecular weight is 285 g/mol. The van der Waals surface area contributed by atoms with Gasteiger partial charge in [-0.15, -0.1) is 0 Å². The molecule has 0 bridgehead atoms. The van der Waals surface area contributed by atoms with Crippen LogP contribution in [0.1, 0.15) is 5.56 Å². The van der Waals surface area contributed by atoms with Gasteiger partial charge in [-0.3, -0.25) is 4.98 Å². The Kier molecular flexibility index (Phi) is 3.01. The summed E-state index contributed by atoms with van der Waals surface area (Å²) in [4.78, 5) is 4.60. The number of aryl methyl sites for hydroxylation is 1. The van der Waals surface area contributed by atoms with Crippen LogP contribution in [0.25, 0.3) is 33.6 Å². The summed E-state index contributed by atoms with van der Waals surface area (Å²) in [5, 5.41) is 1.11. The van der Waals surface area contributed by atoms with Gasteiger partial charge < -0.3 is 4.42 Å². The first-order chi connectivity index (χ1) is 10.8. The van der Waals surface area contributed by atoms with Gasteiger partial charge in [-0.25, -0.2) is 0 Å². The first-order valence-electron chi connectivity index (χ1n) is 7.32. The summed E-state index contributed by atoms with van der Waals surface area (Å²) in [6, 6.07) is 22.4. The van der Waals surface area contributed by atoms with Crippen LogP contribution >= 0.6 is 0 Å². The van der Waals surface area contributed by atoms with Gasteiger partial charge in [0, 0.05) is 22.7 Å². The lowest BCUT2D eigenvalue weighted by molar-refractivity contribution is 0.630. The van der Waals surface area contributed by atoms with E-state index < -0.39 is 0 Å². The molecule has 2 heterocycles. The minimum absolute atomic E-state index is 0.866. The maximum Gasteiger partial charge on any atom is 0.137 e. The fourth-order valence-corrected chi connectivity index (χ4v) is 2.70. The zero-order valence-electron chi connectivity index (χ0n) is 12.3. The van der Waals surface area contributed by atoms with Crippen molar-refractivity contribution in [2.45, 2.75) is 6.92 Å². The van der Waals surface area contributed by atoms with Crippen LogP contribution in [0.4, 0.5) is 0 Å². The zero-order valence-corrected chi connectivity index (χ0v) is 12.3. The van der Waals surface area contributed by atoms with E-state index in [0.29, 0.717) is 0 Å². The molecule has 0 spiro atoms. The number of rotatable bonds is 2. The molecule has 2 aromatic carbocycles. The molecule has 4 aromatic rings. The Hall–Kier alpha value is -2.87. The van der Waals surface area contributed by atoms with Crippen molar-refractivity contribution in [3.8, 4) is 22.6 Å². The predicted octanol–water partition coefficient (Wildman–Crippen LogP) is 5.47. The number of fused-ring (bicyclic) bond motifs is 1. The Morgan fingerprint density at radius 2 is 1.64 bits per heavy atom. The lowest BCUT2D eigenvalue weighted by atomic mass is 10.0. The number of nitrogens with zero attached hydrogens (tertiary/aromatic N) is 1. The third-order valence-corrected chi connectivity index (χ3v) is 3.87. The van der Waals surface area contributed by atoms with Gasteiger partial charge in [0.2, 0.25) is 0 Å². The number of hydrogen-bond donors (Lipinski definition) is 0. The van der Waals surface area contributed by atoms with Gasteiger partial charge in [0.15, 0.2) is 0 Å². The van der Waals surface area contributed by atoms with Crippen molar-refractivity contribution in [1.29, 1.82) is 0 Å². The standard InChI is InChI=1S/C20H15NO/c1-14-11-18(15-7-3-2-4-8-15)21-13-17(14)20-12-16-9-5-6-10-19(16)22-20/h2-13H,1H3. The molecule has 0 fully saturated rings. The SMILES string of the molecule is Cc1cc(-c2ccccc2)ncc1-c1cc2ccccc2o1. The second kappa shape index (κ2) is 5.15. The van der Waals surface area contributed by atoms with Gasteiger partial charge in [-0.1, -0.05) is 48.5 Å². The predicted molar refractivity (Wildman–Crippen MR) is 89.6 cm³/mol. The number of hydrogen-bond acceptors (Lipinski definition) is 2. The first-order valence-corrected chi connectivity index (χ1v) is 7.32. The summed E-state index contributed by atoms with van der Waals surface area (Å²) in [6.07, 6.45) is 1.90. The highest BCUT2D eigenvalue weighted by molar-refractivity contribution is 5.83. The fourth-order valence-electron chi connectivity index (χ4n) is 2.70. The highest BCUT2D eigenvalue weighted by atomic mass is 16.3. The minimum atomic E-state index is 0.866. The lowest BCUT2D eigenvalue weighted by Gasteiger charge is -2.06. The molecule has 2 nitrogen and oxygen atoms in total. The van der Waals surface area contributed by atoms with E-state index in [1.165, 1.54) is 0 Å².